The van der Waals surface area contributed by atoms with Crippen molar-refractivity contribution in [3.63, 3.8) is 0 Å². The fourth-order valence-corrected chi connectivity index (χ4v) is 3.12. The van der Waals surface area contributed by atoms with E-state index in [0.717, 1.165) is 41.9 Å². The van der Waals surface area contributed by atoms with Gasteiger partial charge in [-0.2, -0.15) is 0 Å². The Morgan fingerprint density at radius 2 is 2.05 bits per heavy atom. The van der Waals surface area contributed by atoms with Crippen molar-refractivity contribution in [3.8, 4) is 0 Å². The number of likely N-dealkylation sites (N-methyl/N-ethyl adjacent to an activating group) is 1. The van der Waals surface area contributed by atoms with Gasteiger partial charge in [0.25, 0.3) is 0 Å². The van der Waals surface area contributed by atoms with Crippen LogP contribution in [0.5, 0.6) is 0 Å². The number of aliphatic hydroxyl groups excluding tert-OH is 1. The average Bonchev–Trinajstić information content (AvgIpc) is 2.37. The van der Waals surface area contributed by atoms with Gasteiger partial charge in [0.2, 0.25) is 0 Å². The molecule has 1 aliphatic carbocycles. The van der Waals surface area contributed by atoms with E-state index >= 15 is 0 Å². The Labute approximate surface area is 115 Å². The summed E-state index contributed by atoms with van der Waals surface area (Å²) in [6, 6.07) is 2.27. The van der Waals surface area contributed by atoms with Crippen LogP contribution in [-0.4, -0.2) is 29.3 Å². The zero-order valence-corrected chi connectivity index (χ0v) is 12.2. The summed E-state index contributed by atoms with van der Waals surface area (Å²) in [6.07, 6.45) is 4.02. The van der Waals surface area contributed by atoms with Crippen LogP contribution in [0.15, 0.2) is 6.07 Å². The van der Waals surface area contributed by atoms with Crippen LogP contribution in [-0.2, 0) is 6.54 Å². The molecule has 1 aromatic rings. The molecule has 2 rings (SSSR count). The Balaban J connectivity index is 2.34. The summed E-state index contributed by atoms with van der Waals surface area (Å²) in [5.74, 6) is 0. The van der Waals surface area contributed by atoms with Crippen LogP contribution < -0.4 is 10.6 Å². The molecule has 2 unspecified atom stereocenters. The zero-order valence-electron chi connectivity index (χ0n) is 12.2. The molecule has 1 aliphatic rings. The van der Waals surface area contributed by atoms with Crippen LogP contribution in [0.4, 0.5) is 5.69 Å². The number of hydrogen-bond acceptors (Lipinski definition) is 4. The second kappa shape index (κ2) is 5.88. The zero-order chi connectivity index (χ0) is 14.0. The van der Waals surface area contributed by atoms with Crippen LogP contribution in [0, 0.1) is 13.8 Å². The molecule has 106 valence electrons. The van der Waals surface area contributed by atoms with Crippen molar-refractivity contribution < 1.29 is 5.11 Å². The van der Waals surface area contributed by atoms with Crippen molar-refractivity contribution in [2.45, 2.75) is 58.2 Å². The van der Waals surface area contributed by atoms with E-state index in [-0.39, 0.29) is 12.1 Å². The first-order chi connectivity index (χ1) is 9.04. The summed E-state index contributed by atoms with van der Waals surface area (Å²) < 4.78 is 0. The molecule has 3 N–H and O–H groups in total. The van der Waals surface area contributed by atoms with E-state index in [1.54, 1.807) is 0 Å². The lowest BCUT2D eigenvalue weighted by Crippen LogP contribution is -2.44. The predicted molar refractivity (Wildman–Crippen MR) is 78.3 cm³/mol. The molecular formula is C15H25N3O. The molecule has 0 amide bonds. The molecule has 19 heavy (non-hydrogen) atoms. The van der Waals surface area contributed by atoms with Crippen molar-refractivity contribution in [1.29, 1.82) is 0 Å². The number of pyridine rings is 1. The second-order valence-corrected chi connectivity index (χ2v) is 5.58. The van der Waals surface area contributed by atoms with Gasteiger partial charge in [-0.3, -0.25) is 4.98 Å². The predicted octanol–water partition coefficient (Wildman–Crippen LogP) is 1.90. The molecule has 0 aliphatic heterocycles. The van der Waals surface area contributed by atoms with Crippen molar-refractivity contribution >= 4 is 5.69 Å². The van der Waals surface area contributed by atoms with E-state index in [4.69, 9.17) is 5.73 Å². The van der Waals surface area contributed by atoms with Gasteiger partial charge in [-0.05, 0) is 32.8 Å². The number of aryl methyl sites for hydroxylation is 2. The highest BCUT2D eigenvalue weighted by molar-refractivity contribution is 5.56. The minimum atomic E-state index is -0.238. The van der Waals surface area contributed by atoms with Gasteiger partial charge in [-0.1, -0.05) is 12.8 Å². The summed E-state index contributed by atoms with van der Waals surface area (Å²) >= 11 is 0. The lowest BCUT2D eigenvalue weighted by molar-refractivity contribution is 0.106. The molecule has 0 radical (unpaired) electrons. The normalized spacial score (nSPS) is 23.4. The molecule has 0 bridgehead atoms. The molecule has 0 saturated heterocycles. The minimum Gasteiger partial charge on any atom is -0.391 e. The fourth-order valence-electron chi connectivity index (χ4n) is 3.12. The number of nitrogens with zero attached hydrogens (tertiary/aromatic N) is 2. The largest absolute Gasteiger partial charge is 0.391 e. The summed E-state index contributed by atoms with van der Waals surface area (Å²) in [4.78, 5) is 6.68. The van der Waals surface area contributed by atoms with Crippen molar-refractivity contribution in [2.75, 3.05) is 11.9 Å². The number of nitrogens with two attached hydrogens (primary N) is 1. The van der Waals surface area contributed by atoms with E-state index < -0.39 is 0 Å². The van der Waals surface area contributed by atoms with Gasteiger partial charge in [0.15, 0.2) is 0 Å². The van der Waals surface area contributed by atoms with E-state index in [1.165, 1.54) is 6.42 Å². The quantitative estimate of drug-likeness (QED) is 0.874. The Hall–Kier alpha value is -1.13. The molecule has 4 nitrogen and oxygen atoms in total. The number of hydrogen-bond donors (Lipinski definition) is 2. The van der Waals surface area contributed by atoms with Gasteiger partial charge in [0.05, 0.1) is 12.1 Å². The molecular weight excluding hydrogens is 238 g/mol. The monoisotopic (exact) mass is 263 g/mol. The maximum Gasteiger partial charge on any atom is 0.0743 e. The standard InChI is InChI=1S/C15H25N3O/c1-10-8-14(12(9-16)11(2)17-10)18(3)13-6-4-5-7-15(13)19/h8,13,15,19H,4-7,9,16H2,1-3H3. The van der Waals surface area contributed by atoms with Gasteiger partial charge in [0, 0.05) is 36.2 Å². The van der Waals surface area contributed by atoms with Crippen molar-refractivity contribution in [1.82, 2.24) is 4.98 Å². The maximum atomic E-state index is 10.2. The number of anilines is 1. The lowest BCUT2D eigenvalue weighted by atomic mass is 9.91. The first-order valence-electron chi connectivity index (χ1n) is 7.12. The molecule has 0 aromatic carbocycles. The molecule has 1 heterocycles. The molecule has 1 saturated carbocycles. The van der Waals surface area contributed by atoms with Gasteiger partial charge >= 0.3 is 0 Å². The maximum absolute atomic E-state index is 10.2. The summed E-state index contributed by atoms with van der Waals surface area (Å²) in [5, 5.41) is 10.2. The number of aliphatic hydroxyl groups is 1. The fraction of sp³-hybridized carbons (Fsp3) is 0.667. The van der Waals surface area contributed by atoms with Gasteiger partial charge in [-0.25, -0.2) is 0 Å². The third-order valence-electron chi connectivity index (χ3n) is 4.21. The summed E-state index contributed by atoms with van der Waals surface area (Å²) in [7, 11) is 2.06. The first-order valence-corrected chi connectivity index (χ1v) is 7.12. The van der Waals surface area contributed by atoms with Crippen molar-refractivity contribution in [3.05, 3.63) is 23.0 Å². The molecule has 4 heteroatoms. The molecule has 2 atom stereocenters. The first kappa shape index (κ1) is 14.3. The average molecular weight is 263 g/mol. The highest BCUT2D eigenvalue weighted by Gasteiger charge is 2.28. The van der Waals surface area contributed by atoms with E-state index in [0.29, 0.717) is 6.54 Å². The van der Waals surface area contributed by atoms with E-state index in [9.17, 15) is 5.11 Å². The highest BCUT2D eigenvalue weighted by atomic mass is 16.3. The third kappa shape index (κ3) is 2.90. The van der Waals surface area contributed by atoms with Gasteiger partial charge in [0.1, 0.15) is 0 Å². The Kier molecular flexibility index (Phi) is 4.42. The van der Waals surface area contributed by atoms with Crippen LogP contribution in [0.2, 0.25) is 0 Å². The minimum absolute atomic E-state index is 0.195. The third-order valence-corrected chi connectivity index (χ3v) is 4.21. The second-order valence-electron chi connectivity index (χ2n) is 5.58. The SMILES string of the molecule is Cc1cc(N(C)C2CCCCC2O)c(CN)c(C)n1. The van der Waals surface area contributed by atoms with Crippen LogP contribution >= 0.6 is 0 Å². The van der Waals surface area contributed by atoms with Gasteiger partial charge in [-0.15, -0.1) is 0 Å². The highest BCUT2D eigenvalue weighted by Crippen LogP contribution is 2.30. The molecule has 1 aromatic heterocycles. The Bertz CT molecular complexity index is 447. The van der Waals surface area contributed by atoms with Crippen LogP contribution in [0.25, 0.3) is 0 Å². The summed E-state index contributed by atoms with van der Waals surface area (Å²) in [5.41, 5.74) is 10.1. The number of rotatable bonds is 3. The van der Waals surface area contributed by atoms with Crippen molar-refractivity contribution in [2.24, 2.45) is 5.73 Å². The van der Waals surface area contributed by atoms with E-state index in [2.05, 4.69) is 23.0 Å². The molecule has 0 spiro atoms. The lowest BCUT2D eigenvalue weighted by Gasteiger charge is -2.37. The van der Waals surface area contributed by atoms with Gasteiger partial charge < -0.3 is 15.7 Å². The Morgan fingerprint density at radius 3 is 2.68 bits per heavy atom. The van der Waals surface area contributed by atoms with E-state index in [1.807, 2.05) is 13.8 Å². The van der Waals surface area contributed by atoms with Crippen LogP contribution in [0.3, 0.4) is 0 Å². The topological polar surface area (TPSA) is 62.4 Å². The smallest absolute Gasteiger partial charge is 0.0743 e. The van der Waals surface area contributed by atoms with Crippen LogP contribution in [0.1, 0.15) is 42.6 Å². The Morgan fingerprint density at radius 1 is 1.37 bits per heavy atom. The summed E-state index contributed by atoms with van der Waals surface area (Å²) in [6.45, 7) is 4.49. The molecule has 1 fully saturated rings. The number of aromatic nitrogens is 1.